The predicted octanol–water partition coefficient (Wildman–Crippen LogP) is 2.32. The maximum atomic E-state index is 3.65. The quantitative estimate of drug-likeness (QED) is 0.825. The van der Waals surface area contributed by atoms with Gasteiger partial charge in [0.25, 0.3) is 0 Å². The molecular formula is C16H33N3. The Morgan fingerprint density at radius 3 is 2.53 bits per heavy atom. The van der Waals surface area contributed by atoms with Crippen molar-refractivity contribution in [2.45, 2.75) is 63.5 Å². The van der Waals surface area contributed by atoms with Crippen LogP contribution in [0.2, 0.25) is 0 Å². The summed E-state index contributed by atoms with van der Waals surface area (Å²) in [5.41, 5.74) is 0.448. The van der Waals surface area contributed by atoms with Gasteiger partial charge in [-0.25, -0.2) is 0 Å². The fourth-order valence-electron chi connectivity index (χ4n) is 3.88. The van der Waals surface area contributed by atoms with Crippen molar-refractivity contribution in [2.75, 3.05) is 40.3 Å². The van der Waals surface area contributed by atoms with Crippen LogP contribution >= 0.6 is 0 Å². The molecule has 1 aliphatic heterocycles. The highest BCUT2D eigenvalue weighted by molar-refractivity contribution is 4.91. The lowest BCUT2D eigenvalue weighted by Gasteiger charge is -2.42. The second-order valence-corrected chi connectivity index (χ2v) is 6.68. The molecule has 1 heterocycles. The van der Waals surface area contributed by atoms with E-state index in [0.29, 0.717) is 5.54 Å². The molecule has 1 unspecified atom stereocenters. The smallest absolute Gasteiger partial charge is 0.0218 e. The van der Waals surface area contributed by atoms with Gasteiger partial charge in [0.1, 0.15) is 0 Å². The number of nitrogens with zero attached hydrogens (tertiary/aromatic N) is 2. The fourth-order valence-corrected chi connectivity index (χ4v) is 3.88. The van der Waals surface area contributed by atoms with Gasteiger partial charge < -0.3 is 15.1 Å². The molecule has 1 N–H and O–H groups in total. The number of nitrogens with one attached hydrogen (secondary N) is 1. The molecule has 2 fully saturated rings. The molecule has 3 nitrogen and oxygen atoms in total. The van der Waals surface area contributed by atoms with Crippen molar-refractivity contribution in [3.05, 3.63) is 0 Å². The first-order valence-electron chi connectivity index (χ1n) is 8.30. The molecular weight excluding hydrogens is 234 g/mol. The lowest BCUT2D eigenvalue weighted by atomic mass is 9.79. The third-order valence-electron chi connectivity index (χ3n) is 5.58. The lowest BCUT2D eigenvalue weighted by molar-refractivity contribution is 0.0811. The molecule has 0 amide bonds. The van der Waals surface area contributed by atoms with Crippen molar-refractivity contribution >= 4 is 0 Å². The van der Waals surface area contributed by atoms with Crippen molar-refractivity contribution in [1.82, 2.24) is 15.1 Å². The Kier molecular flexibility index (Phi) is 5.67. The van der Waals surface area contributed by atoms with Crippen LogP contribution in [-0.2, 0) is 0 Å². The molecule has 0 aromatic heterocycles. The molecule has 3 heteroatoms. The van der Waals surface area contributed by atoms with Crippen LogP contribution in [0.5, 0.6) is 0 Å². The molecule has 0 radical (unpaired) electrons. The summed E-state index contributed by atoms with van der Waals surface area (Å²) < 4.78 is 0. The molecule has 0 aromatic carbocycles. The summed E-state index contributed by atoms with van der Waals surface area (Å²) in [5, 5.41) is 3.65. The van der Waals surface area contributed by atoms with E-state index in [9.17, 15) is 0 Å². The third-order valence-corrected chi connectivity index (χ3v) is 5.58. The Morgan fingerprint density at radius 2 is 1.89 bits per heavy atom. The topological polar surface area (TPSA) is 18.5 Å². The summed E-state index contributed by atoms with van der Waals surface area (Å²) in [7, 11) is 4.45. The summed E-state index contributed by atoms with van der Waals surface area (Å²) in [5.74, 6) is 0. The van der Waals surface area contributed by atoms with E-state index in [1.807, 2.05) is 0 Å². The van der Waals surface area contributed by atoms with Crippen molar-refractivity contribution in [1.29, 1.82) is 0 Å². The van der Waals surface area contributed by atoms with E-state index in [0.717, 1.165) is 6.04 Å². The first-order chi connectivity index (χ1) is 9.19. The fraction of sp³-hybridized carbons (Fsp3) is 1.00. The highest BCUT2D eigenvalue weighted by atomic mass is 15.3. The Morgan fingerprint density at radius 1 is 1.16 bits per heavy atom. The van der Waals surface area contributed by atoms with Crippen molar-refractivity contribution in [3.8, 4) is 0 Å². The number of hydrogen-bond acceptors (Lipinski definition) is 3. The Labute approximate surface area is 119 Å². The van der Waals surface area contributed by atoms with Gasteiger partial charge in [0.05, 0.1) is 0 Å². The first kappa shape index (κ1) is 15.3. The van der Waals surface area contributed by atoms with Gasteiger partial charge in [-0.05, 0) is 39.8 Å². The highest BCUT2D eigenvalue weighted by Crippen LogP contribution is 2.31. The van der Waals surface area contributed by atoms with E-state index in [1.54, 1.807) is 0 Å². The summed E-state index contributed by atoms with van der Waals surface area (Å²) in [6, 6.07) is 0.769. The van der Waals surface area contributed by atoms with Crippen LogP contribution in [0.1, 0.15) is 51.9 Å². The van der Waals surface area contributed by atoms with Gasteiger partial charge in [-0.2, -0.15) is 0 Å². The summed E-state index contributed by atoms with van der Waals surface area (Å²) in [6.45, 7) is 7.37. The van der Waals surface area contributed by atoms with Crippen molar-refractivity contribution in [3.63, 3.8) is 0 Å². The Balaban J connectivity index is 1.80. The standard InChI is InChI=1S/C16H33N3/c1-4-15-14-19(13-12-18(15)3)11-10-16(17-2)8-6-5-7-9-16/h15,17H,4-14H2,1-3H3. The van der Waals surface area contributed by atoms with Crippen LogP contribution in [-0.4, -0.2) is 61.7 Å². The number of likely N-dealkylation sites (N-methyl/N-ethyl adjacent to an activating group) is 1. The zero-order valence-corrected chi connectivity index (χ0v) is 13.2. The molecule has 1 saturated carbocycles. The molecule has 19 heavy (non-hydrogen) atoms. The van der Waals surface area contributed by atoms with Crippen LogP contribution in [0.15, 0.2) is 0 Å². The molecule has 112 valence electrons. The summed E-state index contributed by atoms with van der Waals surface area (Å²) in [4.78, 5) is 5.23. The predicted molar refractivity (Wildman–Crippen MR) is 82.6 cm³/mol. The van der Waals surface area contributed by atoms with Crippen LogP contribution in [0.4, 0.5) is 0 Å². The van der Waals surface area contributed by atoms with Crippen molar-refractivity contribution < 1.29 is 0 Å². The third kappa shape index (κ3) is 3.93. The summed E-state index contributed by atoms with van der Waals surface area (Å²) in [6.07, 6.45) is 9.66. The zero-order chi connectivity index (χ0) is 13.7. The minimum absolute atomic E-state index is 0.448. The van der Waals surface area contributed by atoms with E-state index >= 15 is 0 Å². The van der Waals surface area contributed by atoms with Crippen LogP contribution in [0.3, 0.4) is 0 Å². The van der Waals surface area contributed by atoms with E-state index < -0.39 is 0 Å². The zero-order valence-electron chi connectivity index (χ0n) is 13.2. The van der Waals surface area contributed by atoms with E-state index in [2.05, 4.69) is 36.1 Å². The van der Waals surface area contributed by atoms with Gasteiger partial charge in [0.2, 0.25) is 0 Å². The molecule has 1 atom stereocenters. The SMILES string of the molecule is CCC1CN(CCC2(NC)CCCCC2)CCN1C. The number of piperazine rings is 1. The Bertz CT molecular complexity index is 261. The number of rotatable bonds is 5. The second-order valence-electron chi connectivity index (χ2n) is 6.68. The number of hydrogen-bond donors (Lipinski definition) is 1. The van der Waals surface area contributed by atoms with E-state index in [4.69, 9.17) is 0 Å². The molecule has 0 aromatic rings. The van der Waals surface area contributed by atoms with E-state index in [-0.39, 0.29) is 0 Å². The average molecular weight is 267 g/mol. The molecule has 2 rings (SSSR count). The highest BCUT2D eigenvalue weighted by Gasteiger charge is 2.31. The van der Waals surface area contributed by atoms with Gasteiger partial charge in [-0.3, -0.25) is 0 Å². The average Bonchev–Trinajstić information content (AvgIpc) is 2.47. The largest absolute Gasteiger partial charge is 0.314 e. The maximum Gasteiger partial charge on any atom is 0.0218 e. The van der Waals surface area contributed by atoms with E-state index in [1.165, 1.54) is 71.1 Å². The Hall–Kier alpha value is -0.120. The molecule has 2 aliphatic rings. The first-order valence-corrected chi connectivity index (χ1v) is 8.30. The minimum Gasteiger partial charge on any atom is -0.314 e. The lowest BCUT2D eigenvalue weighted by Crippen LogP contribution is -2.53. The summed E-state index contributed by atoms with van der Waals surface area (Å²) >= 11 is 0. The molecule has 0 bridgehead atoms. The molecule has 1 saturated heterocycles. The van der Waals surface area contributed by atoms with Crippen molar-refractivity contribution in [2.24, 2.45) is 0 Å². The monoisotopic (exact) mass is 267 g/mol. The van der Waals surface area contributed by atoms with Gasteiger partial charge in [0.15, 0.2) is 0 Å². The van der Waals surface area contributed by atoms with Crippen LogP contribution in [0.25, 0.3) is 0 Å². The molecule has 0 spiro atoms. The van der Waals surface area contributed by atoms with Gasteiger partial charge in [-0.1, -0.05) is 26.2 Å². The van der Waals surface area contributed by atoms with Crippen LogP contribution in [0, 0.1) is 0 Å². The minimum atomic E-state index is 0.448. The molecule has 1 aliphatic carbocycles. The maximum absolute atomic E-state index is 3.65. The normalized spacial score (nSPS) is 29.5. The van der Waals surface area contributed by atoms with Gasteiger partial charge in [0, 0.05) is 37.8 Å². The second kappa shape index (κ2) is 7.05. The van der Waals surface area contributed by atoms with Gasteiger partial charge in [-0.15, -0.1) is 0 Å². The van der Waals surface area contributed by atoms with Crippen LogP contribution < -0.4 is 5.32 Å². The van der Waals surface area contributed by atoms with Gasteiger partial charge >= 0.3 is 0 Å².